The van der Waals surface area contributed by atoms with Gasteiger partial charge in [-0.2, -0.15) is 0 Å². The molecule has 3 N–H and O–H groups in total. The Morgan fingerprint density at radius 1 is 1.14 bits per heavy atom. The van der Waals surface area contributed by atoms with Gasteiger partial charge < -0.3 is 24.7 Å². The molecule has 0 saturated carbocycles. The molecular formula is C21H26N3O4+. The molecule has 0 aliphatic carbocycles. The highest BCUT2D eigenvalue weighted by Crippen LogP contribution is 2.27. The molecule has 7 heteroatoms. The van der Waals surface area contributed by atoms with Crippen LogP contribution in [0.1, 0.15) is 31.2 Å². The molecular weight excluding hydrogens is 358 g/mol. The van der Waals surface area contributed by atoms with E-state index in [0.29, 0.717) is 23.6 Å². The normalized spacial score (nSPS) is 17.6. The molecule has 2 amide bonds. The second kappa shape index (κ2) is 9.23. The Bertz CT molecular complexity index is 831. The van der Waals surface area contributed by atoms with E-state index >= 15 is 0 Å². The first-order valence-electron chi connectivity index (χ1n) is 9.50. The Labute approximate surface area is 164 Å². The van der Waals surface area contributed by atoms with Crippen LogP contribution in [0.4, 0.5) is 4.79 Å². The average Bonchev–Trinajstić information content (AvgIpc) is 3.22. The van der Waals surface area contributed by atoms with Crippen molar-refractivity contribution in [2.75, 3.05) is 19.7 Å². The summed E-state index contributed by atoms with van der Waals surface area (Å²) in [7, 11) is 0. The van der Waals surface area contributed by atoms with Crippen LogP contribution in [-0.2, 0) is 16.1 Å². The van der Waals surface area contributed by atoms with Crippen LogP contribution in [0.15, 0.2) is 64.4 Å². The van der Waals surface area contributed by atoms with Crippen molar-refractivity contribution in [1.29, 1.82) is 0 Å². The minimum atomic E-state index is -0.673. The molecule has 0 bridgehead atoms. The molecule has 0 radical (unpaired) electrons. The summed E-state index contributed by atoms with van der Waals surface area (Å²) in [6.45, 7) is 6.20. The molecule has 3 rings (SSSR count). The first-order chi connectivity index (χ1) is 13.6. The fraction of sp³-hybridized carbons (Fsp3) is 0.333. The number of rotatable bonds is 8. The highest BCUT2D eigenvalue weighted by atomic mass is 16.5. The first-order valence-corrected chi connectivity index (χ1v) is 9.50. The average molecular weight is 384 g/mol. The number of likely N-dealkylation sites (N-methyl/N-ethyl adjacent to an activating group) is 1. The summed E-state index contributed by atoms with van der Waals surface area (Å²) in [4.78, 5) is 26.2. The highest BCUT2D eigenvalue weighted by Gasteiger charge is 2.36. The monoisotopic (exact) mass is 384 g/mol. The van der Waals surface area contributed by atoms with Gasteiger partial charge in [0, 0.05) is 5.56 Å². The maximum Gasteiger partial charge on any atom is 0.338 e. The number of furan rings is 1. The third kappa shape index (κ3) is 4.61. The van der Waals surface area contributed by atoms with Gasteiger partial charge >= 0.3 is 12.0 Å². The summed E-state index contributed by atoms with van der Waals surface area (Å²) in [5.74, 6) is 0.0399. The molecule has 2 atom stereocenters. The molecule has 148 valence electrons. The Balaban J connectivity index is 1.92. The number of quaternary nitrogens is 1. The summed E-state index contributed by atoms with van der Waals surface area (Å²) < 4.78 is 10.7. The second-order valence-electron chi connectivity index (χ2n) is 6.60. The Kier molecular flexibility index (Phi) is 6.49. The number of hydrogen-bond donors (Lipinski definition) is 3. The van der Waals surface area contributed by atoms with E-state index in [9.17, 15) is 9.59 Å². The van der Waals surface area contributed by atoms with Crippen LogP contribution in [0, 0.1) is 0 Å². The van der Waals surface area contributed by atoms with Crippen LogP contribution in [0.25, 0.3) is 0 Å². The van der Waals surface area contributed by atoms with Crippen LogP contribution in [0.2, 0.25) is 0 Å². The van der Waals surface area contributed by atoms with Crippen molar-refractivity contribution in [1.82, 2.24) is 10.6 Å². The van der Waals surface area contributed by atoms with Crippen LogP contribution in [-0.4, -0.2) is 31.7 Å². The predicted molar refractivity (Wildman–Crippen MR) is 103 cm³/mol. The number of nitrogens with one attached hydrogen (secondary N) is 3. The van der Waals surface area contributed by atoms with Crippen LogP contribution >= 0.6 is 0 Å². The number of urea groups is 1. The summed E-state index contributed by atoms with van der Waals surface area (Å²) in [6, 6.07) is 12.6. The number of carbonyl (C=O) groups is 2. The van der Waals surface area contributed by atoms with Crippen LogP contribution in [0.3, 0.4) is 0 Å². The molecule has 0 saturated heterocycles. The summed E-state index contributed by atoms with van der Waals surface area (Å²) in [5.41, 5.74) is 2.15. The third-order valence-corrected chi connectivity index (χ3v) is 4.70. The van der Waals surface area contributed by atoms with E-state index in [4.69, 9.17) is 9.15 Å². The van der Waals surface area contributed by atoms with Crippen molar-refractivity contribution in [2.45, 2.75) is 26.4 Å². The summed E-state index contributed by atoms with van der Waals surface area (Å²) in [5, 5.41) is 5.58. The molecule has 0 fully saturated rings. The van der Waals surface area contributed by atoms with Crippen molar-refractivity contribution < 1.29 is 23.6 Å². The van der Waals surface area contributed by atoms with Gasteiger partial charge in [-0.1, -0.05) is 30.3 Å². The van der Waals surface area contributed by atoms with Gasteiger partial charge in [0.1, 0.15) is 24.9 Å². The second-order valence-corrected chi connectivity index (χ2v) is 6.60. The van der Waals surface area contributed by atoms with Gasteiger partial charge in [-0.05, 0) is 26.0 Å². The SMILES string of the molecule is CCOC(=O)C1=C(C[NH+](CC)Cc2ccccc2)NC(=O)N[C@@H]1c1ccco1. The van der Waals surface area contributed by atoms with E-state index in [1.54, 1.807) is 19.1 Å². The number of carbonyl (C=O) groups excluding carboxylic acids is 2. The summed E-state index contributed by atoms with van der Waals surface area (Å²) in [6.07, 6.45) is 1.52. The molecule has 28 heavy (non-hydrogen) atoms. The van der Waals surface area contributed by atoms with E-state index in [0.717, 1.165) is 13.1 Å². The molecule has 1 aliphatic rings. The van der Waals surface area contributed by atoms with Crippen molar-refractivity contribution in [2.24, 2.45) is 0 Å². The lowest BCUT2D eigenvalue weighted by atomic mass is 9.99. The van der Waals surface area contributed by atoms with E-state index in [1.807, 2.05) is 18.2 Å². The third-order valence-electron chi connectivity index (χ3n) is 4.70. The minimum Gasteiger partial charge on any atom is -0.467 e. The van der Waals surface area contributed by atoms with E-state index < -0.39 is 12.0 Å². The number of hydrogen-bond acceptors (Lipinski definition) is 4. The molecule has 1 unspecified atom stereocenters. The van der Waals surface area contributed by atoms with Crippen LogP contribution < -0.4 is 15.5 Å². The molecule has 1 aromatic heterocycles. The van der Waals surface area contributed by atoms with Gasteiger partial charge in [0.15, 0.2) is 0 Å². The van der Waals surface area contributed by atoms with Crippen molar-refractivity contribution in [3.05, 3.63) is 71.3 Å². The molecule has 7 nitrogen and oxygen atoms in total. The largest absolute Gasteiger partial charge is 0.467 e. The number of amides is 2. The van der Waals surface area contributed by atoms with Gasteiger partial charge in [-0.25, -0.2) is 9.59 Å². The maximum absolute atomic E-state index is 12.7. The quantitative estimate of drug-likeness (QED) is 0.603. The highest BCUT2D eigenvalue weighted by molar-refractivity contribution is 5.95. The number of ether oxygens (including phenoxy) is 1. The van der Waals surface area contributed by atoms with Crippen LogP contribution in [0.5, 0.6) is 0 Å². The van der Waals surface area contributed by atoms with Crippen molar-refractivity contribution in [3.8, 4) is 0 Å². The lowest BCUT2D eigenvalue weighted by molar-refractivity contribution is -0.907. The molecule has 1 aliphatic heterocycles. The van der Waals surface area contributed by atoms with Crippen molar-refractivity contribution >= 4 is 12.0 Å². The molecule has 2 aromatic rings. The van der Waals surface area contributed by atoms with Gasteiger partial charge in [0.25, 0.3) is 0 Å². The molecule has 2 heterocycles. The minimum absolute atomic E-state index is 0.253. The lowest BCUT2D eigenvalue weighted by Gasteiger charge is -2.29. The Morgan fingerprint density at radius 2 is 1.93 bits per heavy atom. The van der Waals surface area contributed by atoms with Gasteiger partial charge in [-0.3, -0.25) is 0 Å². The molecule has 1 aromatic carbocycles. The fourth-order valence-corrected chi connectivity index (χ4v) is 3.32. The van der Waals surface area contributed by atoms with E-state index in [1.165, 1.54) is 16.7 Å². The Morgan fingerprint density at radius 3 is 2.57 bits per heavy atom. The van der Waals surface area contributed by atoms with Gasteiger partial charge in [0.2, 0.25) is 0 Å². The zero-order valence-electron chi connectivity index (χ0n) is 16.2. The predicted octanol–water partition coefficient (Wildman–Crippen LogP) is 1.56. The zero-order chi connectivity index (χ0) is 19.9. The van der Waals surface area contributed by atoms with Gasteiger partial charge in [-0.15, -0.1) is 0 Å². The van der Waals surface area contributed by atoms with E-state index in [2.05, 4.69) is 29.7 Å². The molecule has 0 spiro atoms. The Hall–Kier alpha value is -3.06. The first kappa shape index (κ1) is 19.7. The number of esters is 1. The maximum atomic E-state index is 12.7. The standard InChI is InChI=1S/C21H25N3O4/c1-3-24(13-15-9-6-5-7-10-15)14-16-18(20(25)27-4-2)19(23-21(26)22-16)17-11-8-12-28-17/h5-12,19H,3-4,13-14H2,1-2H3,(H2,22,23,26)/p+1/t19-/m1/s1. The van der Waals surface area contributed by atoms with Crippen molar-refractivity contribution in [3.63, 3.8) is 0 Å². The van der Waals surface area contributed by atoms with Gasteiger partial charge in [0.05, 0.1) is 30.7 Å². The number of benzene rings is 1. The topological polar surface area (TPSA) is 85.0 Å². The lowest BCUT2D eigenvalue weighted by Crippen LogP contribution is -3.10. The smallest absolute Gasteiger partial charge is 0.338 e. The fourth-order valence-electron chi connectivity index (χ4n) is 3.32. The van der Waals surface area contributed by atoms with E-state index in [-0.39, 0.29) is 12.6 Å². The zero-order valence-corrected chi connectivity index (χ0v) is 16.2. The summed E-state index contributed by atoms with van der Waals surface area (Å²) >= 11 is 0.